The molecule has 29 heavy (non-hydrogen) atoms. The lowest BCUT2D eigenvalue weighted by Crippen LogP contribution is -2.27. The second-order valence-electron chi connectivity index (χ2n) is 6.90. The number of fused-ring (bicyclic) bond motifs is 1. The molecule has 0 atom stereocenters. The number of rotatable bonds is 7. The second kappa shape index (κ2) is 7.88. The van der Waals surface area contributed by atoms with Crippen LogP contribution in [0, 0.1) is 15.9 Å². The van der Waals surface area contributed by atoms with Gasteiger partial charge < -0.3 is 19.3 Å². The van der Waals surface area contributed by atoms with Gasteiger partial charge in [0.05, 0.1) is 29.2 Å². The largest absolute Gasteiger partial charge is 0.493 e. The van der Waals surface area contributed by atoms with Crippen molar-refractivity contribution >= 4 is 16.6 Å². The molecule has 0 saturated carbocycles. The Hall–Kier alpha value is -3.46. The number of benzene rings is 2. The molecule has 3 rings (SSSR count). The minimum absolute atomic E-state index is 0.0407. The minimum Gasteiger partial charge on any atom is -0.493 e. The lowest BCUT2D eigenvalue weighted by Gasteiger charge is -2.19. The first kappa shape index (κ1) is 20.3. The van der Waals surface area contributed by atoms with Gasteiger partial charge in [-0.2, -0.15) is 0 Å². The third-order valence-corrected chi connectivity index (χ3v) is 3.91. The molecule has 8 nitrogen and oxygen atoms in total. The summed E-state index contributed by atoms with van der Waals surface area (Å²) < 4.78 is 30.8. The molecule has 152 valence electrons. The molecule has 0 aliphatic heterocycles. The van der Waals surface area contributed by atoms with Crippen LogP contribution in [0.25, 0.3) is 10.9 Å². The molecule has 0 amide bonds. The summed E-state index contributed by atoms with van der Waals surface area (Å²) in [6.45, 7) is 3.27. The summed E-state index contributed by atoms with van der Waals surface area (Å²) in [6, 6.07) is 7.93. The number of aromatic nitrogens is 1. The SMILES string of the molecule is COc1cc2c(Oc3ccc([N+](=O)[O-])cc3F)ccnc2cc1OCC(C)(C)O. The van der Waals surface area contributed by atoms with Gasteiger partial charge in [-0.15, -0.1) is 0 Å². The molecular weight excluding hydrogens is 383 g/mol. The number of halogens is 1. The van der Waals surface area contributed by atoms with Gasteiger partial charge in [-0.1, -0.05) is 0 Å². The first-order valence-corrected chi connectivity index (χ1v) is 8.61. The van der Waals surface area contributed by atoms with Crippen molar-refractivity contribution in [1.82, 2.24) is 4.98 Å². The van der Waals surface area contributed by atoms with Gasteiger partial charge in [0.15, 0.2) is 23.1 Å². The van der Waals surface area contributed by atoms with Crippen LogP contribution >= 0.6 is 0 Å². The van der Waals surface area contributed by atoms with Gasteiger partial charge in [-0.25, -0.2) is 4.39 Å². The van der Waals surface area contributed by atoms with Crippen LogP contribution in [-0.2, 0) is 0 Å². The molecule has 3 aromatic rings. The number of nitrogens with zero attached hydrogens (tertiary/aromatic N) is 2. The van der Waals surface area contributed by atoms with E-state index in [0.29, 0.717) is 22.4 Å². The molecule has 0 fully saturated rings. The Morgan fingerprint density at radius 2 is 1.90 bits per heavy atom. The average molecular weight is 402 g/mol. The third kappa shape index (κ3) is 4.69. The molecule has 0 bridgehead atoms. The van der Waals surface area contributed by atoms with Crippen molar-refractivity contribution in [2.24, 2.45) is 0 Å². The molecule has 0 spiro atoms. The molecule has 0 radical (unpaired) electrons. The van der Waals surface area contributed by atoms with E-state index in [2.05, 4.69) is 4.98 Å². The zero-order chi connectivity index (χ0) is 21.2. The fraction of sp³-hybridized carbons (Fsp3) is 0.250. The Morgan fingerprint density at radius 1 is 1.14 bits per heavy atom. The van der Waals surface area contributed by atoms with Crippen LogP contribution in [0.3, 0.4) is 0 Å². The first-order valence-electron chi connectivity index (χ1n) is 8.61. The van der Waals surface area contributed by atoms with E-state index in [0.717, 1.165) is 12.1 Å². The summed E-state index contributed by atoms with van der Waals surface area (Å²) in [5, 5.41) is 21.2. The lowest BCUT2D eigenvalue weighted by atomic mass is 10.1. The molecule has 2 aromatic carbocycles. The van der Waals surface area contributed by atoms with Gasteiger partial charge in [0.1, 0.15) is 12.4 Å². The minimum atomic E-state index is -1.04. The first-order chi connectivity index (χ1) is 13.7. The van der Waals surface area contributed by atoms with Gasteiger partial charge >= 0.3 is 0 Å². The molecule has 0 aliphatic carbocycles. The number of methoxy groups -OCH3 is 1. The van der Waals surface area contributed by atoms with Crippen LogP contribution < -0.4 is 14.2 Å². The normalized spacial score (nSPS) is 11.3. The fourth-order valence-corrected chi connectivity index (χ4v) is 2.55. The highest BCUT2D eigenvalue weighted by Crippen LogP contribution is 2.38. The summed E-state index contributed by atoms with van der Waals surface area (Å²) in [4.78, 5) is 14.3. The van der Waals surface area contributed by atoms with Crippen molar-refractivity contribution in [1.29, 1.82) is 0 Å². The molecule has 0 unspecified atom stereocenters. The van der Waals surface area contributed by atoms with Gasteiger partial charge in [-0.05, 0) is 32.0 Å². The van der Waals surface area contributed by atoms with Gasteiger partial charge in [-0.3, -0.25) is 15.1 Å². The predicted octanol–water partition coefficient (Wildman–Crippen LogP) is 4.23. The quantitative estimate of drug-likeness (QED) is 0.466. The van der Waals surface area contributed by atoms with Crippen LogP contribution in [0.5, 0.6) is 23.0 Å². The van der Waals surface area contributed by atoms with Crippen molar-refractivity contribution in [3.05, 3.63) is 58.5 Å². The molecule has 1 heterocycles. The van der Waals surface area contributed by atoms with Gasteiger partial charge in [0, 0.05) is 23.7 Å². The van der Waals surface area contributed by atoms with E-state index in [9.17, 15) is 19.6 Å². The van der Waals surface area contributed by atoms with E-state index in [1.807, 2.05) is 0 Å². The molecule has 0 aliphatic rings. The van der Waals surface area contributed by atoms with Crippen molar-refractivity contribution in [3.63, 3.8) is 0 Å². The summed E-state index contributed by atoms with van der Waals surface area (Å²) in [5.41, 5.74) is -0.910. The molecule has 9 heteroatoms. The monoisotopic (exact) mass is 402 g/mol. The zero-order valence-corrected chi connectivity index (χ0v) is 16.0. The molecule has 1 aromatic heterocycles. The van der Waals surface area contributed by atoms with E-state index in [1.165, 1.54) is 19.4 Å². The van der Waals surface area contributed by atoms with Crippen LogP contribution in [0.2, 0.25) is 0 Å². The number of nitro benzene ring substituents is 1. The fourth-order valence-electron chi connectivity index (χ4n) is 2.55. The maximum absolute atomic E-state index is 14.2. The number of aliphatic hydroxyl groups is 1. The average Bonchev–Trinajstić information content (AvgIpc) is 2.66. The smallest absolute Gasteiger partial charge is 0.272 e. The zero-order valence-electron chi connectivity index (χ0n) is 16.0. The number of pyridine rings is 1. The molecule has 1 N–H and O–H groups in total. The highest BCUT2D eigenvalue weighted by atomic mass is 19.1. The van der Waals surface area contributed by atoms with Crippen molar-refractivity contribution in [3.8, 4) is 23.0 Å². The number of non-ortho nitro benzene ring substituents is 1. The van der Waals surface area contributed by atoms with Crippen molar-refractivity contribution in [2.75, 3.05) is 13.7 Å². The maximum Gasteiger partial charge on any atom is 0.272 e. The lowest BCUT2D eigenvalue weighted by molar-refractivity contribution is -0.385. The Balaban J connectivity index is 1.98. The van der Waals surface area contributed by atoms with Gasteiger partial charge in [0.25, 0.3) is 5.69 Å². The Morgan fingerprint density at radius 3 is 2.52 bits per heavy atom. The highest BCUT2D eigenvalue weighted by Gasteiger charge is 2.18. The second-order valence-corrected chi connectivity index (χ2v) is 6.90. The summed E-state index contributed by atoms with van der Waals surface area (Å²) in [5.74, 6) is 0.0258. The Labute approximate surface area is 165 Å². The molecule has 0 saturated heterocycles. The Bertz CT molecular complexity index is 1060. The topological polar surface area (TPSA) is 104 Å². The van der Waals surface area contributed by atoms with Crippen LogP contribution in [0.15, 0.2) is 42.6 Å². The highest BCUT2D eigenvalue weighted by molar-refractivity contribution is 5.88. The van der Waals surface area contributed by atoms with E-state index in [4.69, 9.17) is 14.2 Å². The van der Waals surface area contributed by atoms with Crippen LogP contribution in [-0.4, -0.2) is 34.3 Å². The third-order valence-electron chi connectivity index (χ3n) is 3.91. The Kier molecular flexibility index (Phi) is 5.51. The number of nitro groups is 1. The van der Waals surface area contributed by atoms with Crippen LogP contribution in [0.1, 0.15) is 13.8 Å². The van der Waals surface area contributed by atoms with Gasteiger partial charge in [0.2, 0.25) is 0 Å². The summed E-state index contributed by atoms with van der Waals surface area (Å²) in [7, 11) is 1.46. The van der Waals surface area contributed by atoms with E-state index < -0.39 is 16.3 Å². The predicted molar refractivity (Wildman–Crippen MR) is 103 cm³/mol. The van der Waals surface area contributed by atoms with E-state index in [1.54, 1.807) is 32.0 Å². The number of ether oxygens (including phenoxy) is 3. The summed E-state index contributed by atoms with van der Waals surface area (Å²) >= 11 is 0. The molecular formula is C20H19FN2O6. The van der Waals surface area contributed by atoms with Crippen molar-refractivity contribution < 1.29 is 28.6 Å². The van der Waals surface area contributed by atoms with Crippen molar-refractivity contribution in [2.45, 2.75) is 19.4 Å². The van der Waals surface area contributed by atoms with Crippen LogP contribution in [0.4, 0.5) is 10.1 Å². The van der Waals surface area contributed by atoms with E-state index in [-0.39, 0.29) is 23.8 Å². The summed E-state index contributed by atoms with van der Waals surface area (Å²) in [6.07, 6.45) is 1.48. The number of hydrogen-bond donors (Lipinski definition) is 1. The number of hydrogen-bond acceptors (Lipinski definition) is 7. The maximum atomic E-state index is 14.2. The standard InChI is InChI=1S/C20H19FN2O6/c1-20(2,24)11-28-19-10-15-13(9-18(19)27-3)16(6-7-22-15)29-17-5-4-12(23(25)26)8-14(17)21/h4-10,24H,11H2,1-3H3. The van der Waals surface area contributed by atoms with E-state index >= 15 is 0 Å².